The molecule has 0 bridgehead atoms. The van der Waals surface area contributed by atoms with E-state index in [1.165, 1.54) is 43.2 Å². The summed E-state index contributed by atoms with van der Waals surface area (Å²) in [4.78, 5) is 4.91. The summed E-state index contributed by atoms with van der Waals surface area (Å²) in [7, 11) is 0. The summed E-state index contributed by atoms with van der Waals surface area (Å²) in [6.45, 7) is 8.92. The van der Waals surface area contributed by atoms with Gasteiger partial charge in [0.05, 0.1) is 5.69 Å². The molecular formula is C19H28ClN. The molecule has 1 aliphatic rings. The third kappa shape index (κ3) is 4.10. The van der Waals surface area contributed by atoms with E-state index in [2.05, 4.69) is 45.9 Å². The van der Waals surface area contributed by atoms with Gasteiger partial charge in [0, 0.05) is 5.92 Å². The highest BCUT2D eigenvalue weighted by Crippen LogP contribution is 2.36. The molecule has 0 radical (unpaired) electrons. The van der Waals surface area contributed by atoms with Crippen molar-refractivity contribution < 1.29 is 0 Å². The van der Waals surface area contributed by atoms with Crippen molar-refractivity contribution in [3.8, 4) is 0 Å². The zero-order chi connectivity index (χ0) is 15.4. The minimum atomic E-state index is 0.471. The van der Waals surface area contributed by atoms with Crippen LogP contribution < -0.4 is 0 Å². The van der Waals surface area contributed by atoms with Crippen LogP contribution in [-0.2, 0) is 0 Å². The van der Waals surface area contributed by atoms with Crippen LogP contribution in [0.15, 0.2) is 23.2 Å². The number of hydrogen-bond donors (Lipinski definition) is 0. The fourth-order valence-corrected chi connectivity index (χ4v) is 3.48. The maximum Gasteiger partial charge on any atom is 0.110 e. The SMILES string of the molecule is CC(C)c1cccc(C(C)C)c1N=C(Cl)C1CCCCC1. The molecule has 1 aliphatic carbocycles. The van der Waals surface area contributed by atoms with Crippen LogP contribution >= 0.6 is 11.6 Å². The number of para-hydroxylation sites is 1. The number of halogens is 1. The molecule has 21 heavy (non-hydrogen) atoms. The standard InChI is InChI=1S/C19H28ClN/c1-13(2)16-11-8-12-17(14(3)4)18(16)21-19(20)15-9-6-5-7-10-15/h8,11-15H,5-7,9-10H2,1-4H3. The van der Waals surface area contributed by atoms with Crippen molar-refractivity contribution in [3.63, 3.8) is 0 Å². The van der Waals surface area contributed by atoms with Gasteiger partial charge in [0.25, 0.3) is 0 Å². The van der Waals surface area contributed by atoms with Crippen molar-refractivity contribution in [2.75, 3.05) is 0 Å². The van der Waals surface area contributed by atoms with Crippen LogP contribution in [0.4, 0.5) is 5.69 Å². The first kappa shape index (κ1) is 16.5. The van der Waals surface area contributed by atoms with Gasteiger partial charge in [0.15, 0.2) is 0 Å². The average Bonchev–Trinajstić information content (AvgIpc) is 2.47. The Labute approximate surface area is 134 Å². The minimum Gasteiger partial charge on any atom is -0.240 e. The van der Waals surface area contributed by atoms with Crippen molar-refractivity contribution in [3.05, 3.63) is 29.3 Å². The van der Waals surface area contributed by atoms with Crippen LogP contribution in [0.1, 0.15) is 82.8 Å². The first-order valence-electron chi connectivity index (χ1n) is 8.37. The number of rotatable bonds is 4. The Morgan fingerprint density at radius 3 is 2.00 bits per heavy atom. The molecule has 1 aromatic carbocycles. The number of aliphatic imine (C=N–C) groups is 1. The molecule has 0 atom stereocenters. The summed E-state index contributed by atoms with van der Waals surface area (Å²) < 4.78 is 0. The Morgan fingerprint density at radius 1 is 1.00 bits per heavy atom. The number of hydrogen-bond acceptors (Lipinski definition) is 1. The molecule has 0 aromatic heterocycles. The average molecular weight is 306 g/mol. The molecule has 1 nitrogen and oxygen atoms in total. The molecule has 0 saturated heterocycles. The highest BCUT2D eigenvalue weighted by molar-refractivity contribution is 6.66. The molecule has 1 saturated carbocycles. The van der Waals surface area contributed by atoms with E-state index < -0.39 is 0 Å². The van der Waals surface area contributed by atoms with Crippen molar-refractivity contribution in [2.45, 2.75) is 71.6 Å². The van der Waals surface area contributed by atoms with Crippen molar-refractivity contribution >= 4 is 22.5 Å². The van der Waals surface area contributed by atoms with E-state index in [0.29, 0.717) is 17.8 Å². The predicted molar refractivity (Wildman–Crippen MR) is 94.1 cm³/mol. The van der Waals surface area contributed by atoms with Crippen molar-refractivity contribution in [2.24, 2.45) is 10.9 Å². The van der Waals surface area contributed by atoms with E-state index in [-0.39, 0.29) is 0 Å². The highest BCUT2D eigenvalue weighted by Gasteiger charge is 2.20. The molecule has 0 amide bonds. The van der Waals surface area contributed by atoms with Crippen LogP contribution in [0.3, 0.4) is 0 Å². The normalized spacial score (nSPS) is 17.8. The molecule has 1 fully saturated rings. The lowest BCUT2D eigenvalue weighted by atomic mass is 9.89. The summed E-state index contributed by atoms with van der Waals surface area (Å²) >= 11 is 6.60. The van der Waals surface area contributed by atoms with E-state index >= 15 is 0 Å². The van der Waals surface area contributed by atoms with Gasteiger partial charge in [-0.2, -0.15) is 0 Å². The Kier molecular flexibility index (Phi) is 5.87. The van der Waals surface area contributed by atoms with Gasteiger partial charge in [-0.1, -0.05) is 76.8 Å². The van der Waals surface area contributed by atoms with Gasteiger partial charge in [-0.05, 0) is 35.8 Å². The van der Waals surface area contributed by atoms with E-state index in [1.807, 2.05) is 0 Å². The smallest absolute Gasteiger partial charge is 0.110 e. The summed E-state index contributed by atoms with van der Waals surface area (Å²) in [5, 5.41) is 0.824. The molecule has 0 unspecified atom stereocenters. The zero-order valence-corrected chi connectivity index (χ0v) is 14.6. The minimum absolute atomic E-state index is 0.471. The van der Waals surface area contributed by atoms with Crippen LogP contribution in [-0.4, -0.2) is 5.17 Å². The highest BCUT2D eigenvalue weighted by atomic mass is 35.5. The second-order valence-corrected chi connectivity index (χ2v) is 7.25. The summed E-state index contributed by atoms with van der Waals surface area (Å²) in [6.07, 6.45) is 6.32. The lowest BCUT2D eigenvalue weighted by Gasteiger charge is -2.22. The second kappa shape index (κ2) is 7.45. The monoisotopic (exact) mass is 305 g/mol. The van der Waals surface area contributed by atoms with E-state index in [4.69, 9.17) is 16.6 Å². The fourth-order valence-electron chi connectivity index (χ4n) is 3.18. The zero-order valence-electron chi connectivity index (χ0n) is 13.8. The van der Waals surface area contributed by atoms with Gasteiger partial charge in [-0.3, -0.25) is 0 Å². The van der Waals surface area contributed by atoms with Crippen LogP contribution in [0.25, 0.3) is 0 Å². The van der Waals surface area contributed by atoms with E-state index in [1.54, 1.807) is 0 Å². The topological polar surface area (TPSA) is 12.4 Å². The summed E-state index contributed by atoms with van der Waals surface area (Å²) in [6, 6.07) is 6.54. The molecule has 0 N–H and O–H groups in total. The van der Waals surface area contributed by atoms with Crippen LogP contribution in [0.5, 0.6) is 0 Å². The number of benzene rings is 1. The fraction of sp³-hybridized carbons (Fsp3) is 0.632. The maximum atomic E-state index is 6.60. The third-order valence-corrected chi connectivity index (χ3v) is 4.90. The van der Waals surface area contributed by atoms with E-state index in [9.17, 15) is 0 Å². The summed E-state index contributed by atoms with van der Waals surface area (Å²) in [5.74, 6) is 1.41. The Morgan fingerprint density at radius 2 is 1.52 bits per heavy atom. The van der Waals surface area contributed by atoms with Gasteiger partial charge < -0.3 is 0 Å². The van der Waals surface area contributed by atoms with E-state index in [0.717, 1.165) is 10.9 Å². The lowest BCUT2D eigenvalue weighted by Crippen LogP contribution is -2.13. The summed E-state index contributed by atoms with van der Waals surface area (Å²) in [5.41, 5.74) is 3.75. The Balaban J connectivity index is 2.40. The third-order valence-electron chi connectivity index (χ3n) is 4.50. The molecule has 116 valence electrons. The van der Waals surface area contributed by atoms with Gasteiger partial charge in [-0.25, -0.2) is 4.99 Å². The van der Waals surface area contributed by atoms with Gasteiger partial charge in [0.1, 0.15) is 5.17 Å². The first-order valence-corrected chi connectivity index (χ1v) is 8.75. The Hall–Kier alpha value is -0.820. The van der Waals surface area contributed by atoms with Gasteiger partial charge in [-0.15, -0.1) is 0 Å². The molecule has 2 rings (SSSR count). The predicted octanol–water partition coefficient (Wildman–Crippen LogP) is 6.78. The molecule has 1 aromatic rings. The molecule has 0 heterocycles. The molecule has 0 aliphatic heterocycles. The van der Waals surface area contributed by atoms with Gasteiger partial charge in [0.2, 0.25) is 0 Å². The van der Waals surface area contributed by atoms with Crippen LogP contribution in [0.2, 0.25) is 0 Å². The molecule has 2 heteroatoms. The molecule has 0 spiro atoms. The molecular weight excluding hydrogens is 278 g/mol. The second-order valence-electron chi connectivity index (χ2n) is 6.86. The van der Waals surface area contributed by atoms with Gasteiger partial charge >= 0.3 is 0 Å². The maximum absolute atomic E-state index is 6.60. The van der Waals surface area contributed by atoms with Crippen LogP contribution in [0, 0.1) is 5.92 Å². The first-order chi connectivity index (χ1) is 10.0. The quantitative estimate of drug-likeness (QED) is 0.543. The largest absolute Gasteiger partial charge is 0.240 e. The lowest BCUT2D eigenvalue weighted by molar-refractivity contribution is 0.443. The Bertz CT molecular complexity index is 470. The number of nitrogens with zero attached hydrogens (tertiary/aromatic N) is 1. The van der Waals surface area contributed by atoms with Crippen molar-refractivity contribution in [1.29, 1.82) is 0 Å². The van der Waals surface area contributed by atoms with Crippen molar-refractivity contribution in [1.82, 2.24) is 0 Å².